The summed E-state index contributed by atoms with van der Waals surface area (Å²) in [6.45, 7) is 0. The normalized spacial score (nSPS) is 11.7. The molecular weight excluding hydrogens is 349 g/mol. The predicted octanol–water partition coefficient (Wildman–Crippen LogP) is 5.22. The molecule has 118 valence electrons. The molecule has 3 aromatic rings. The Hall–Kier alpha value is -2.12. The van der Waals surface area contributed by atoms with Gasteiger partial charge in [0.1, 0.15) is 0 Å². The third-order valence-electron chi connectivity index (χ3n) is 3.05. The zero-order valence-corrected chi connectivity index (χ0v) is 12.9. The van der Waals surface area contributed by atoms with E-state index in [0.717, 1.165) is 17.4 Å². The van der Waals surface area contributed by atoms with E-state index in [1.165, 1.54) is 24.3 Å². The first-order valence-corrected chi connectivity index (χ1v) is 7.58. The molecule has 1 heterocycles. The molecule has 1 N–H and O–H groups in total. The van der Waals surface area contributed by atoms with Gasteiger partial charge in [0.15, 0.2) is 5.13 Å². The molecule has 0 fully saturated rings. The Labute approximate surface area is 137 Å². The molecule has 3 nitrogen and oxygen atoms in total. The molecule has 2 aromatic carbocycles. The minimum atomic E-state index is -4.49. The van der Waals surface area contributed by atoms with E-state index in [1.807, 2.05) is 0 Å². The summed E-state index contributed by atoms with van der Waals surface area (Å²) in [5.74, 6) is -0.464. The van der Waals surface area contributed by atoms with Crippen LogP contribution in [-0.2, 0) is 6.18 Å². The monoisotopic (exact) mass is 356 g/mol. The Balaban J connectivity index is 1.92. The van der Waals surface area contributed by atoms with Crippen molar-refractivity contribution in [1.82, 2.24) is 4.98 Å². The maximum absolute atomic E-state index is 13.0. The highest BCUT2D eigenvalue weighted by molar-refractivity contribution is 7.22. The molecule has 0 radical (unpaired) electrons. The second-order valence-corrected chi connectivity index (χ2v) is 6.10. The summed E-state index contributed by atoms with van der Waals surface area (Å²) in [6.07, 6.45) is -4.49. The van der Waals surface area contributed by atoms with Crippen molar-refractivity contribution >= 4 is 44.2 Å². The van der Waals surface area contributed by atoms with Gasteiger partial charge in [-0.1, -0.05) is 29.0 Å². The van der Waals surface area contributed by atoms with Gasteiger partial charge < -0.3 is 0 Å². The summed E-state index contributed by atoms with van der Waals surface area (Å²) in [6, 6.07) is 9.95. The summed E-state index contributed by atoms with van der Waals surface area (Å²) in [7, 11) is 0. The molecule has 23 heavy (non-hydrogen) atoms. The number of hydrogen-bond donors (Lipinski definition) is 1. The Morgan fingerprint density at radius 1 is 1.13 bits per heavy atom. The molecule has 0 saturated heterocycles. The summed E-state index contributed by atoms with van der Waals surface area (Å²) in [5, 5.41) is 3.09. The van der Waals surface area contributed by atoms with Crippen LogP contribution >= 0.6 is 22.9 Å². The van der Waals surface area contributed by atoms with Crippen LogP contribution in [-0.4, -0.2) is 10.9 Å². The average Bonchev–Trinajstić information content (AvgIpc) is 2.88. The maximum Gasteiger partial charge on any atom is 0.418 e. The first-order valence-electron chi connectivity index (χ1n) is 6.38. The number of halogens is 4. The minimum absolute atomic E-state index is 0.108. The number of nitrogens with one attached hydrogen (secondary N) is 1. The van der Waals surface area contributed by atoms with Gasteiger partial charge in [-0.2, -0.15) is 13.2 Å². The first kappa shape index (κ1) is 15.8. The molecule has 3 rings (SSSR count). The minimum Gasteiger partial charge on any atom is -0.298 e. The van der Waals surface area contributed by atoms with Crippen molar-refractivity contribution in [2.75, 3.05) is 5.32 Å². The fraction of sp³-hybridized carbons (Fsp3) is 0.0667. The number of para-hydroxylation sites is 1. The highest BCUT2D eigenvalue weighted by Gasteiger charge is 2.33. The lowest BCUT2D eigenvalue weighted by molar-refractivity contribution is -0.136. The van der Waals surface area contributed by atoms with Gasteiger partial charge in [0.2, 0.25) is 0 Å². The molecule has 1 amide bonds. The van der Waals surface area contributed by atoms with E-state index >= 15 is 0 Å². The van der Waals surface area contributed by atoms with Gasteiger partial charge in [0.05, 0.1) is 15.8 Å². The van der Waals surface area contributed by atoms with Gasteiger partial charge in [-0.05, 0) is 36.4 Å². The Morgan fingerprint density at radius 2 is 1.83 bits per heavy atom. The Bertz CT molecular complexity index is 875. The smallest absolute Gasteiger partial charge is 0.298 e. The number of alkyl halides is 3. The molecule has 0 aliphatic carbocycles. The molecule has 0 bridgehead atoms. The molecule has 0 aliphatic heterocycles. The van der Waals surface area contributed by atoms with E-state index in [2.05, 4.69) is 10.3 Å². The van der Waals surface area contributed by atoms with Gasteiger partial charge in [-0.3, -0.25) is 10.1 Å². The lowest BCUT2D eigenvalue weighted by Gasteiger charge is -2.06. The summed E-state index contributed by atoms with van der Waals surface area (Å²) in [5.41, 5.74) is -0.653. The van der Waals surface area contributed by atoms with E-state index in [9.17, 15) is 18.0 Å². The van der Waals surface area contributed by atoms with Crippen molar-refractivity contribution in [1.29, 1.82) is 0 Å². The fourth-order valence-electron chi connectivity index (χ4n) is 2.00. The number of thiazole rings is 1. The van der Waals surface area contributed by atoms with Crippen molar-refractivity contribution in [3.63, 3.8) is 0 Å². The molecule has 8 heteroatoms. The van der Waals surface area contributed by atoms with Crippen molar-refractivity contribution in [2.45, 2.75) is 6.18 Å². The predicted molar refractivity (Wildman–Crippen MR) is 84.0 cm³/mol. The summed E-state index contributed by atoms with van der Waals surface area (Å²) < 4.78 is 39.2. The van der Waals surface area contributed by atoms with Crippen LogP contribution in [0, 0.1) is 0 Å². The summed E-state index contributed by atoms with van der Waals surface area (Å²) >= 11 is 6.73. The lowest BCUT2D eigenvalue weighted by Crippen LogP contribution is -2.11. The highest BCUT2D eigenvalue weighted by Crippen LogP contribution is 2.37. The topological polar surface area (TPSA) is 42.0 Å². The number of carbonyl (C=O) groups is 1. The number of nitrogens with zero attached hydrogens (tertiary/aromatic N) is 1. The standard InChI is InChI=1S/C15H8ClF3N2OS/c16-9-6-4-8(5-7-9)13(22)21-14-20-12-10(15(17,18)19)2-1-3-11(12)23-14/h1-7H,(H,20,21,22). The number of aromatic nitrogens is 1. The van der Waals surface area contributed by atoms with Gasteiger partial charge in [0.25, 0.3) is 5.91 Å². The number of rotatable bonds is 2. The zero-order chi connectivity index (χ0) is 16.6. The first-order chi connectivity index (χ1) is 10.8. The van der Waals surface area contributed by atoms with E-state index in [-0.39, 0.29) is 10.6 Å². The van der Waals surface area contributed by atoms with Crippen LogP contribution in [0.2, 0.25) is 5.02 Å². The molecule has 0 aliphatic rings. The Kier molecular flexibility index (Phi) is 3.99. The third-order valence-corrected chi connectivity index (χ3v) is 4.24. The Morgan fingerprint density at radius 3 is 2.48 bits per heavy atom. The zero-order valence-electron chi connectivity index (χ0n) is 11.3. The maximum atomic E-state index is 13.0. The van der Waals surface area contributed by atoms with E-state index in [1.54, 1.807) is 12.1 Å². The van der Waals surface area contributed by atoms with Crippen LogP contribution in [0.15, 0.2) is 42.5 Å². The van der Waals surface area contributed by atoms with Crippen LogP contribution in [0.4, 0.5) is 18.3 Å². The van der Waals surface area contributed by atoms with Crippen LogP contribution in [0.25, 0.3) is 10.2 Å². The van der Waals surface area contributed by atoms with Crippen LogP contribution in [0.5, 0.6) is 0 Å². The quantitative estimate of drug-likeness (QED) is 0.684. The average molecular weight is 357 g/mol. The SMILES string of the molecule is O=C(Nc1nc2c(C(F)(F)F)cccc2s1)c1ccc(Cl)cc1. The number of fused-ring (bicyclic) bond motifs is 1. The molecule has 0 atom stereocenters. The number of carbonyl (C=O) groups excluding carboxylic acids is 1. The van der Waals surface area contributed by atoms with E-state index in [4.69, 9.17) is 11.6 Å². The number of benzene rings is 2. The second-order valence-electron chi connectivity index (χ2n) is 4.63. The van der Waals surface area contributed by atoms with Crippen LogP contribution < -0.4 is 5.32 Å². The second kappa shape index (κ2) is 5.82. The lowest BCUT2D eigenvalue weighted by atomic mass is 10.2. The van der Waals surface area contributed by atoms with Gasteiger partial charge in [-0.15, -0.1) is 0 Å². The van der Waals surface area contributed by atoms with Crippen molar-refractivity contribution in [3.05, 3.63) is 58.6 Å². The number of amides is 1. The molecular formula is C15H8ClF3N2OS. The highest BCUT2D eigenvalue weighted by atomic mass is 35.5. The fourth-order valence-corrected chi connectivity index (χ4v) is 3.02. The summed E-state index contributed by atoms with van der Waals surface area (Å²) in [4.78, 5) is 16.0. The molecule has 0 saturated carbocycles. The molecule has 0 spiro atoms. The van der Waals surface area contributed by atoms with Gasteiger partial charge >= 0.3 is 6.18 Å². The van der Waals surface area contributed by atoms with Crippen LogP contribution in [0.3, 0.4) is 0 Å². The van der Waals surface area contributed by atoms with E-state index < -0.39 is 17.6 Å². The van der Waals surface area contributed by atoms with Gasteiger partial charge in [-0.25, -0.2) is 4.98 Å². The molecule has 0 unspecified atom stereocenters. The van der Waals surface area contributed by atoms with Crippen molar-refractivity contribution in [2.24, 2.45) is 0 Å². The largest absolute Gasteiger partial charge is 0.418 e. The van der Waals surface area contributed by atoms with Crippen molar-refractivity contribution < 1.29 is 18.0 Å². The third kappa shape index (κ3) is 3.30. The number of hydrogen-bond acceptors (Lipinski definition) is 3. The number of anilines is 1. The van der Waals surface area contributed by atoms with E-state index in [0.29, 0.717) is 15.3 Å². The molecule has 1 aromatic heterocycles. The van der Waals surface area contributed by atoms with Crippen LogP contribution in [0.1, 0.15) is 15.9 Å². The van der Waals surface area contributed by atoms with Gasteiger partial charge in [0, 0.05) is 10.6 Å². The van der Waals surface area contributed by atoms with Crippen molar-refractivity contribution in [3.8, 4) is 0 Å².